The van der Waals surface area contributed by atoms with Crippen molar-refractivity contribution >= 4 is 12.3 Å². The van der Waals surface area contributed by atoms with E-state index in [0.717, 1.165) is 12.1 Å². The van der Waals surface area contributed by atoms with Gasteiger partial charge in [0.2, 0.25) is 0 Å². The first-order valence-corrected chi connectivity index (χ1v) is 4.21. The van der Waals surface area contributed by atoms with Gasteiger partial charge in [-0.2, -0.15) is 5.10 Å². The van der Waals surface area contributed by atoms with Crippen molar-refractivity contribution < 1.29 is 0 Å². The zero-order valence-electron chi connectivity index (χ0n) is 7.57. The highest BCUT2D eigenvalue weighted by atomic mass is 15.3. The number of allylic oxidation sites excluding steroid dienone is 2. The minimum atomic E-state index is 1.06. The molecule has 0 N–H and O–H groups in total. The fraction of sp³-hybridized carbons (Fsp3) is 0.300. The van der Waals surface area contributed by atoms with Crippen LogP contribution in [0.2, 0.25) is 0 Å². The summed E-state index contributed by atoms with van der Waals surface area (Å²) in [5.74, 6) is 0. The normalized spacial score (nSPS) is 11.8. The van der Waals surface area contributed by atoms with Crippen molar-refractivity contribution in [2.75, 3.05) is 0 Å². The van der Waals surface area contributed by atoms with Crippen LogP contribution in [0.4, 0.5) is 0 Å². The maximum Gasteiger partial charge on any atom is 0.0658 e. The molecule has 1 aromatic heterocycles. The number of aromatic nitrogens is 2. The highest BCUT2D eigenvalue weighted by molar-refractivity contribution is 5.47. The zero-order chi connectivity index (χ0) is 8.81. The van der Waals surface area contributed by atoms with Crippen molar-refractivity contribution in [3.63, 3.8) is 0 Å². The Labute approximate surface area is 73.2 Å². The standard InChI is InChI=1S/C10H14N2/c1-3-5-6-10-7-8-11-12(10)9-4-2/h4-9H,3H2,1-2H3/b6-5-,9-4-. The molecule has 0 unspecified atom stereocenters. The van der Waals surface area contributed by atoms with E-state index in [1.165, 1.54) is 0 Å². The Bertz CT molecular complexity index is 282. The molecule has 2 heteroatoms. The summed E-state index contributed by atoms with van der Waals surface area (Å²) >= 11 is 0. The summed E-state index contributed by atoms with van der Waals surface area (Å²) in [5, 5.41) is 4.14. The van der Waals surface area contributed by atoms with Crippen LogP contribution in [0.3, 0.4) is 0 Å². The maximum absolute atomic E-state index is 4.14. The van der Waals surface area contributed by atoms with Crippen molar-refractivity contribution in [1.82, 2.24) is 9.78 Å². The van der Waals surface area contributed by atoms with Crippen molar-refractivity contribution in [3.05, 3.63) is 30.1 Å². The van der Waals surface area contributed by atoms with Gasteiger partial charge in [0, 0.05) is 12.4 Å². The molecule has 0 aromatic carbocycles. The van der Waals surface area contributed by atoms with E-state index in [0.29, 0.717) is 0 Å². The quantitative estimate of drug-likeness (QED) is 0.668. The van der Waals surface area contributed by atoms with E-state index >= 15 is 0 Å². The molecule has 0 aliphatic carbocycles. The van der Waals surface area contributed by atoms with Crippen LogP contribution in [0.25, 0.3) is 12.3 Å². The minimum absolute atomic E-state index is 1.06. The van der Waals surface area contributed by atoms with Crippen molar-refractivity contribution in [3.8, 4) is 0 Å². The van der Waals surface area contributed by atoms with Crippen molar-refractivity contribution in [1.29, 1.82) is 0 Å². The van der Waals surface area contributed by atoms with Gasteiger partial charge in [-0.05, 0) is 25.5 Å². The van der Waals surface area contributed by atoms with Crippen LogP contribution in [0.1, 0.15) is 26.0 Å². The van der Waals surface area contributed by atoms with Gasteiger partial charge in [-0.25, -0.2) is 4.68 Å². The molecule has 0 aliphatic heterocycles. The Kier molecular flexibility index (Phi) is 3.33. The van der Waals surface area contributed by atoms with Gasteiger partial charge in [0.15, 0.2) is 0 Å². The number of nitrogens with zero attached hydrogens (tertiary/aromatic N) is 2. The maximum atomic E-state index is 4.14. The molecule has 0 atom stereocenters. The van der Waals surface area contributed by atoms with Crippen LogP contribution < -0.4 is 0 Å². The molecule has 1 aromatic rings. The summed E-state index contributed by atoms with van der Waals surface area (Å²) < 4.78 is 1.85. The molecule has 2 nitrogen and oxygen atoms in total. The summed E-state index contributed by atoms with van der Waals surface area (Å²) in [6.45, 7) is 4.10. The summed E-state index contributed by atoms with van der Waals surface area (Å²) in [7, 11) is 0. The lowest BCUT2D eigenvalue weighted by Gasteiger charge is -1.94. The van der Waals surface area contributed by atoms with Crippen LogP contribution in [0.15, 0.2) is 24.4 Å². The van der Waals surface area contributed by atoms with Crippen molar-refractivity contribution in [2.24, 2.45) is 0 Å². The highest BCUT2D eigenvalue weighted by Gasteiger charge is 1.91. The van der Waals surface area contributed by atoms with Gasteiger partial charge < -0.3 is 0 Å². The molecule has 0 radical (unpaired) electrons. The highest BCUT2D eigenvalue weighted by Crippen LogP contribution is 2.02. The SMILES string of the molecule is C/C=C\n1nccc1/C=C\CC. The van der Waals surface area contributed by atoms with E-state index in [4.69, 9.17) is 0 Å². The predicted octanol–water partition coefficient (Wildman–Crippen LogP) is 2.80. The van der Waals surface area contributed by atoms with Crippen LogP contribution >= 0.6 is 0 Å². The molecule has 1 rings (SSSR count). The Hall–Kier alpha value is -1.31. The molecular formula is C10H14N2. The van der Waals surface area contributed by atoms with Gasteiger partial charge in [-0.3, -0.25) is 0 Å². The molecule has 1 heterocycles. The lowest BCUT2D eigenvalue weighted by atomic mass is 10.3. The molecule has 0 fully saturated rings. The molecule has 0 bridgehead atoms. The van der Waals surface area contributed by atoms with Gasteiger partial charge >= 0.3 is 0 Å². The molecule has 0 amide bonds. The van der Waals surface area contributed by atoms with E-state index in [9.17, 15) is 0 Å². The van der Waals surface area contributed by atoms with Gasteiger partial charge in [0.05, 0.1) is 5.69 Å². The summed E-state index contributed by atoms with van der Waals surface area (Å²) in [6, 6.07) is 1.99. The third-order valence-corrected chi connectivity index (χ3v) is 1.52. The van der Waals surface area contributed by atoms with Gasteiger partial charge in [-0.1, -0.05) is 19.1 Å². The second-order valence-electron chi connectivity index (χ2n) is 2.49. The minimum Gasteiger partial charge on any atom is -0.241 e. The topological polar surface area (TPSA) is 17.8 Å². The molecule has 12 heavy (non-hydrogen) atoms. The lowest BCUT2D eigenvalue weighted by Crippen LogP contribution is -1.90. The summed E-state index contributed by atoms with van der Waals surface area (Å²) in [5.41, 5.74) is 1.12. The Morgan fingerprint density at radius 1 is 1.58 bits per heavy atom. The number of rotatable bonds is 3. The first-order chi connectivity index (χ1) is 5.88. The predicted molar refractivity (Wildman–Crippen MR) is 52.6 cm³/mol. The Morgan fingerprint density at radius 3 is 3.08 bits per heavy atom. The van der Waals surface area contributed by atoms with Crippen LogP contribution in [0, 0.1) is 0 Å². The second kappa shape index (κ2) is 4.54. The fourth-order valence-corrected chi connectivity index (χ4v) is 0.961. The zero-order valence-corrected chi connectivity index (χ0v) is 7.57. The first kappa shape index (κ1) is 8.78. The number of hydrogen-bond acceptors (Lipinski definition) is 1. The Balaban J connectivity index is 2.83. The van der Waals surface area contributed by atoms with Gasteiger partial charge in [0.25, 0.3) is 0 Å². The van der Waals surface area contributed by atoms with Gasteiger partial charge in [-0.15, -0.1) is 0 Å². The fourth-order valence-electron chi connectivity index (χ4n) is 0.961. The van der Waals surface area contributed by atoms with Crippen LogP contribution in [-0.2, 0) is 0 Å². The molecule has 64 valence electrons. The van der Waals surface area contributed by atoms with E-state index in [1.54, 1.807) is 6.20 Å². The second-order valence-corrected chi connectivity index (χ2v) is 2.49. The molecule has 0 spiro atoms. The monoisotopic (exact) mass is 162 g/mol. The van der Waals surface area contributed by atoms with E-state index < -0.39 is 0 Å². The van der Waals surface area contributed by atoms with Crippen molar-refractivity contribution in [2.45, 2.75) is 20.3 Å². The third kappa shape index (κ3) is 2.09. The smallest absolute Gasteiger partial charge is 0.0658 e. The average Bonchev–Trinajstić information content (AvgIpc) is 2.50. The van der Waals surface area contributed by atoms with E-state index in [1.807, 2.05) is 29.9 Å². The largest absolute Gasteiger partial charge is 0.241 e. The van der Waals surface area contributed by atoms with E-state index in [2.05, 4.69) is 24.2 Å². The molecule has 0 saturated carbocycles. The average molecular weight is 162 g/mol. The number of hydrogen-bond donors (Lipinski definition) is 0. The summed E-state index contributed by atoms with van der Waals surface area (Å²) in [4.78, 5) is 0. The van der Waals surface area contributed by atoms with Crippen LogP contribution in [0.5, 0.6) is 0 Å². The molecule has 0 saturated heterocycles. The summed E-state index contributed by atoms with van der Waals surface area (Å²) in [6.07, 6.45) is 11.0. The third-order valence-electron chi connectivity index (χ3n) is 1.52. The Morgan fingerprint density at radius 2 is 2.42 bits per heavy atom. The van der Waals surface area contributed by atoms with Gasteiger partial charge in [0.1, 0.15) is 0 Å². The van der Waals surface area contributed by atoms with Crippen LogP contribution in [-0.4, -0.2) is 9.78 Å². The van der Waals surface area contributed by atoms with E-state index in [-0.39, 0.29) is 0 Å². The first-order valence-electron chi connectivity index (χ1n) is 4.21. The molecular weight excluding hydrogens is 148 g/mol. The molecule has 0 aliphatic rings. The lowest BCUT2D eigenvalue weighted by molar-refractivity contribution is 0.922.